The highest BCUT2D eigenvalue weighted by molar-refractivity contribution is 5.85. The lowest BCUT2D eigenvalue weighted by Gasteiger charge is -1.73. The van der Waals surface area contributed by atoms with E-state index in [1.807, 2.05) is 0 Å². The molecule has 3 N–H and O–H groups in total. The van der Waals surface area contributed by atoms with Crippen LogP contribution in [0, 0.1) is 0 Å². The number of halogens is 1. The molecule has 0 aromatic heterocycles. The van der Waals surface area contributed by atoms with E-state index in [0.29, 0.717) is 0 Å². The minimum atomic E-state index is -0.968. The van der Waals surface area contributed by atoms with E-state index >= 15 is 0 Å². The first-order chi connectivity index (χ1) is 2.27. The van der Waals surface area contributed by atoms with Crippen molar-refractivity contribution in [1.82, 2.24) is 0 Å². The third-order valence-electron chi connectivity index (χ3n) is 0.175. The number of rotatable bonds is 1. The summed E-state index contributed by atoms with van der Waals surface area (Å²) in [7, 11) is 0. The molecule has 0 aliphatic rings. The number of carboxylic acid groups (broad SMARTS) is 1. The molecule has 0 fully saturated rings. The fraction of sp³-hybridized carbons (Fsp3) is 0.500. The average Bonchev–Trinajstić information content (AvgIpc) is 1.38. The van der Waals surface area contributed by atoms with Crippen molar-refractivity contribution in [3.8, 4) is 0 Å². The van der Waals surface area contributed by atoms with E-state index in [2.05, 4.69) is 5.73 Å². The molecule has 0 aromatic carbocycles. The van der Waals surface area contributed by atoms with Gasteiger partial charge < -0.3 is 10.8 Å². The van der Waals surface area contributed by atoms with E-state index in [-0.39, 0.29) is 19.0 Å². The molecule has 0 aliphatic heterocycles. The van der Waals surface area contributed by atoms with Crippen LogP contribution in [-0.2, 0) is 4.79 Å². The van der Waals surface area contributed by atoms with Crippen LogP contribution in [-0.4, -0.2) is 17.6 Å². The predicted octanol–water partition coefficient (Wildman–Crippen LogP) is -0.549. The average molecular weight is 116 g/mol. The molecule has 4 heteroatoms. The Labute approximate surface area is 41.6 Å². The van der Waals surface area contributed by atoms with Crippen LogP contribution in [0.15, 0.2) is 0 Å². The summed E-state index contributed by atoms with van der Waals surface area (Å²) in [5, 5.41) is 7.60. The molecule has 0 unspecified atom stereocenters. The summed E-state index contributed by atoms with van der Waals surface area (Å²) in [6, 6.07) is 0. The Bertz CT molecular complexity index is 46.8. The Hall–Kier alpha value is -0.280. The Morgan fingerprint density at radius 1 is 1.83 bits per heavy atom. The third-order valence-corrected chi connectivity index (χ3v) is 0.175. The summed E-state index contributed by atoms with van der Waals surface area (Å²) in [4.78, 5) is 9.24. The van der Waals surface area contributed by atoms with E-state index in [0.717, 1.165) is 0 Å². The lowest BCUT2D eigenvalue weighted by molar-refractivity contribution is -0.135. The summed E-state index contributed by atoms with van der Waals surface area (Å²) in [6.07, 6.45) is 0. The molecule has 0 aromatic rings. The van der Waals surface area contributed by atoms with Gasteiger partial charge in [0.1, 0.15) is 0 Å². The summed E-state index contributed by atoms with van der Waals surface area (Å²) < 4.78 is 0. The molecule has 0 atom stereocenters. The Balaban J connectivity index is 0. The van der Waals surface area contributed by atoms with Crippen LogP contribution in [0.4, 0.5) is 0 Å². The van der Waals surface area contributed by atoms with Gasteiger partial charge in [0.05, 0.1) is 6.54 Å². The molecule has 38 valence electrons. The second-order valence-corrected chi connectivity index (χ2v) is 0.598. The van der Waals surface area contributed by atoms with Crippen LogP contribution in [0.5, 0.6) is 0 Å². The van der Waals surface area contributed by atoms with Gasteiger partial charge in [0.25, 0.3) is 0 Å². The minimum Gasteiger partial charge on any atom is -0.480 e. The van der Waals surface area contributed by atoms with Gasteiger partial charge >= 0.3 is 5.97 Å². The largest absolute Gasteiger partial charge is 0.480 e. The predicted molar refractivity (Wildman–Crippen MR) is 23.9 cm³/mol. The Morgan fingerprint density at radius 3 is 2.00 bits per heavy atom. The van der Waals surface area contributed by atoms with Crippen molar-refractivity contribution in [3.63, 3.8) is 0 Å². The molecule has 0 aliphatic carbocycles. The van der Waals surface area contributed by atoms with Gasteiger partial charge in [-0.1, -0.05) is 0 Å². The van der Waals surface area contributed by atoms with Crippen LogP contribution < -0.4 is 5.73 Å². The Kier molecular flexibility index (Phi) is 7.24. The fourth-order valence-electron chi connectivity index (χ4n) is 0. The molecule has 0 bridgehead atoms. The summed E-state index contributed by atoms with van der Waals surface area (Å²) in [6.45, 7) is -0.278. The van der Waals surface area contributed by atoms with Crippen molar-refractivity contribution in [2.45, 2.75) is 0 Å². The zero-order valence-electron chi connectivity index (χ0n) is 3.05. The highest BCUT2D eigenvalue weighted by Crippen LogP contribution is 1.43. The zero-order chi connectivity index (χ0) is 4.28. The number of nitrogens with two attached hydrogens (primary N) is 1. The monoisotopic (exact) mass is 115 g/mol. The second-order valence-electron chi connectivity index (χ2n) is 0.598. The number of aliphatic carboxylic acids is 1. The van der Waals surface area contributed by atoms with Crippen molar-refractivity contribution in [1.29, 1.82) is 0 Å². The zero-order valence-corrected chi connectivity index (χ0v) is 3.86. The van der Waals surface area contributed by atoms with Gasteiger partial charge in [-0.25, -0.2) is 0 Å². The first-order valence-corrected chi connectivity index (χ1v) is 1.19. The maximum Gasteiger partial charge on any atom is 0.317 e. The normalized spacial score (nSPS) is 6.17. The molecule has 0 heterocycles. The van der Waals surface area contributed by atoms with Crippen LogP contribution in [0.25, 0.3) is 0 Å². The van der Waals surface area contributed by atoms with Crippen LogP contribution >= 0.6 is 12.4 Å². The quantitative estimate of drug-likeness (QED) is 0.482. The van der Waals surface area contributed by atoms with Gasteiger partial charge in [-0.3, -0.25) is 4.79 Å². The van der Waals surface area contributed by atoms with E-state index in [1.54, 1.807) is 0 Å². The van der Waals surface area contributed by atoms with Crippen molar-refractivity contribution >= 4 is 18.4 Å². The maximum atomic E-state index is 9.24. The number of carbonyl (C=O) groups is 1. The van der Waals surface area contributed by atoms with Gasteiger partial charge in [0.2, 0.25) is 0 Å². The topological polar surface area (TPSA) is 63.3 Å². The minimum absolute atomic E-state index is 0. The number of carboxylic acids is 1. The van der Waals surface area contributed by atoms with E-state index in [4.69, 9.17) is 5.11 Å². The summed E-state index contributed by atoms with van der Waals surface area (Å²) >= 11 is 0. The van der Waals surface area contributed by atoms with Gasteiger partial charge in [-0.15, -0.1) is 12.4 Å². The lowest BCUT2D eigenvalue weighted by Crippen LogP contribution is -2.10. The molecule has 0 saturated heterocycles. The molecule has 3 nitrogen and oxygen atoms in total. The number of hydrogen-bond acceptors (Lipinski definition) is 2. The molecular formula is C2H6ClNO2. The maximum absolute atomic E-state index is 9.24. The van der Waals surface area contributed by atoms with Gasteiger partial charge in [-0.2, -0.15) is 0 Å². The molecule has 0 radical (unpaired) electrons. The molecule has 0 saturated carbocycles. The highest BCUT2D eigenvalue weighted by atomic mass is 35.5. The van der Waals surface area contributed by atoms with Crippen LogP contribution in [0.2, 0.25) is 0 Å². The van der Waals surface area contributed by atoms with Crippen LogP contribution in [0.3, 0.4) is 0 Å². The second kappa shape index (κ2) is 4.72. The van der Waals surface area contributed by atoms with Crippen molar-refractivity contribution in [2.75, 3.05) is 6.54 Å². The standard InChI is InChI=1S/C2H5NO2.ClH/c3-1-2(4)5;/h1,3H2,(H,4,5);1H/i1+2,2+2;. The molecule has 6 heavy (non-hydrogen) atoms. The van der Waals surface area contributed by atoms with E-state index < -0.39 is 5.97 Å². The molecule has 0 spiro atoms. The smallest absolute Gasteiger partial charge is 0.317 e. The van der Waals surface area contributed by atoms with Gasteiger partial charge in [-0.05, 0) is 0 Å². The Morgan fingerprint density at radius 2 is 2.00 bits per heavy atom. The third kappa shape index (κ3) is 9.30. The van der Waals surface area contributed by atoms with Crippen LogP contribution in [0.1, 0.15) is 0 Å². The van der Waals surface area contributed by atoms with Crippen molar-refractivity contribution in [2.24, 2.45) is 5.73 Å². The SMILES string of the molecule is Cl.N[14CH2][14C](=O)O. The summed E-state index contributed by atoms with van der Waals surface area (Å²) in [5.74, 6) is -0.968. The van der Waals surface area contributed by atoms with Crippen molar-refractivity contribution in [3.05, 3.63) is 0 Å². The van der Waals surface area contributed by atoms with E-state index in [9.17, 15) is 4.79 Å². The first-order valence-electron chi connectivity index (χ1n) is 1.19. The van der Waals surface area contributed by atoms with Gasteiger partial charge in [0.15, 0.2) is 0 Å². The fourth-order valence-corrected chi connectivity index (χ4v) is 0. The van der Waals surface area contributed by atoms with Crippen molar-refractivity contribution < 1.29 is 9.90 Å². The molecule has 0 amide bonds. The highest BCUT2D eigenvalue weighted by Gasteiger charge is 1.81. The summed E-state index contributed by atoms with van der Waals surface area (Å²) in [5.41, 5.74) is 4.57. The first kappa shape index (κ1) is 9.21. The number of hydrogen-bond donors (Lipinski definition) is 2. The molecule has 0 rings (SSSR count). The van der Waals surface area contributed by atoms with E-state index in [1.165, 1.54) is 0 Å². The lowest BCUT2D eigenvalue weighted by atomic mass is 12.5. The van der Waals surface area contributed by atoms with Gasteiger partial charge in [0, 0.05) is 0 Å². The molecular weight excluding hydrogens is 109 g/mol.